The molecule has 0 aliphatic rings. The third-order valence-corrected chi connectivity index (χ3v) is 3.07. The fourth-order valence-electron chi connectivity index (χ4n) is 1.57. The van der Waals surface area contributed by atoms with Gasteiger partial charge >= 0.3 is 7.82 Å². The maximum absolute atomic E-state index is 10.9. The Kier molecular flexibility index (Phi) is 5.35. The van der Waals surface area contributed by atoms with Crippen molar-refractivity contribution in [3.63, 3.8) is 0 Å². The standard InChI is InChI=1S/C13H22NO5P/c1-9-5-6-10(7-12(9)19-20(16,17)18)11(15)8-14-13(2,3)4/h5-7,11,14-15H,8H2,1-4H3,(H2,16,17,18). The molecule has 1 aromatic rings. The zero-order chi connectivity index (χ0) is 15.6. The largest absolute Gasteiger partial charge is 0.524 e. The van der Waals surface area contributed by atoms with E-state index in [-0.39, 0.29) is 11.3 Å². The fourth-order valence-corrected chi connectivity index (χ4v) is 2.02. The minimum Gasteiger partial charge on any atom is -0.404 e. The fraction of sp³-hybridized carbons (Fsp3) is 0.538. The van der Waals surface area contributed by atoms with Gasteiger partial charge in [-0.25, -0.2) is 4.57 Å². The molecule has 0 saturated heterocycles. The molecule has 7 heteroatoms. The Morgan fingerprint density at radius 3 is 2.45 bits per heavy atom. The lowest BCUT2D eigenvalue weighted by molar-refractivity contribution is 0.163. The number of aliphatic hydroxyl groups excluding tert-OH is 1. The van der Waals surface area contributed by atoms with Crippen molar-refractivity contribution in [1.82, 2.24) is 5.32 Å². The van der Waals surface area contributed by atoms with Gasteiger partial charge in [0, 0.05) is 12.1 Å². The van der Waals surface area contributed by atoms with E-state index < -0.39 is 13.9 Å². The first-order chi connectivity index (χ1) is 8.98. The van der Waals surface area contributed by atoms with Gasteiger partial charge < -0.3 is 14.9 Å². The number of rotatable bonds is 5. The van der Waals surface area contributed by atoms with Crippen molar-refractivity contribution in [3.8, 4) is 5.75 Å². The third kappa shape index (κ3) is 6.03. The van der Waals surface area contributed by atoms with Crippen LogP contribution in [-0.4, -0.2) is 27.0 Å². The van der Waals surface area contributed by atoms with Gasteiger partial charge in [-0.05, 0) is 44.9 Å². The molecule has 20 heavy (non-hydrogen) atoms. The van der Waals surface area contributed by atoms with Crippen LogP contribution in [0.1, 0.15) is 38.0 Å². The van der Waals surface area contributed by atoms with Crippen molar-refractivity contribution in [2.24, 2.45) is 0 Å². The van der Waals surface area contributed by atoms with Crippen LogP contribution in [0.3, 0.4) is 0 Å². The summed E-state index contributed by atoms with van der Waals surface area (Å²) in [5.41, 5.74) is 1.00. The molecular weight excluding hydrogens is 281 g/mol. The van der Waals surface area contributed by atoms with Crippen LogP contribution in [0.15, 0.2) is 18.2 Å². The summed E-state index contributed by atoms with van der Waals surface area (Å²) in [6, 6.07) is 4.81. The van der Waals surface area contributed by atoms with E-state index in [9.17, 15) is 9.67 Å². The summed E-state index contributed by atoms with van der Waals surface area (Å²) in [4.78, 5) is 17.7. The molecule has 0 amide bonds. The lowest BCUT2D eigenvalue weighted by Crippen LogP contribution is -2.38. The summed E-state index contributed by atoms with van der Waals surface area (Å²) in [5.74, 6) is 0.0747. The molecule has 0 saturated carbocycles. The van der Waals surface area contributed by atoms with Crippen LogP contribution >= 0.6 is 7.82 Å². The molecule has 0 bridgehead atoms. The maximum Gasteiger partial charge on any atom is 0.524 e. The molecule has 0 spiro atoms. The number of benzene rings is 1. The Morgan fingerprint density at radius 1 is 1.35 bits per heavy atom. The van der Waals surface area contributed by atoms with Crippen molar-refractivity contribution >= 4 is 7.82 Å². The van der Waals surface area contributed by atoms with Crippen LogP contribution < -0.4 is 9.84 Å². The van der Waals surface area contributed by atoms with Crippen LogP contribution in [0.2, 0.25) is 0 Å². The van der Waals surface area contributed by atoms with Gasteiger partial charge in [0.2, 0.25) is 0 Å². The number of aryl methyl sites for hydroxylation is 1. The van der Waals surface area contributed by atoms with Gasteiger partial charge in [-0.3, -0.25) is 9.79 Å². The van der Waals surface area contributed by atoms with E-state index in [0.717, 1.165) is 0 Å². The van der Waals surface area contributed by atoms with Gasteiger partial charge in [0.05, 0.1) is 6.10 Å². The zero-order valence-electron chi connectivity index (χ0n) is 12.1. The number of nitrogens with one attached hydrogen (secondary N) is 1. The summed E-state index contributed by atoms with van der Waals surface area (Å²) in [6.45, 7) is 7.96. The molecule has 4 N–H and O–H groups in total. The van der Waals surface area contributed by atoms with Crippen molar-refractivity contribution < 1.29 is 24.0 Å². The van der Waals surface area contributed by atoms with Gasteiger partial charge in [-0.15, -0.1) is 0 Å². The minimum atomic E-state index is -4.60. The normalized spacial score (nSPS) is 14.2. The predicted molar refractivity (Wildman–Crippen MR) is 76.6 cm³/mol. The number of phosphoric acid groups is 1. The minimum absolute atomic E-state index is 0.0747. The Morgan fingerprint density at radius 2 is 1.95 bits per heavy atom. The second-order valence-corrected chi connectivity index (χ2v) is 6.92. The van der Waals surface area contributed by atoms with Gasteiger partial charge in [-0.1, -0.05) is 12.1 Å². The first-order valence-corrected chi connectivity index (χ1v) is 7.80. The number of β-amino-alcohol motifs (C(OH)–C–C–N with tert-alkyl or cyclic N) is 1. The smallest absolute Gasteiger partial charge is 0.404 e. The molecule has 1 unspecified atom stereocenters. The van der Waals surface area contributed by atoms with Crippen molar-refractivity contribution in [1.29, 1.82) is 0 Å². The summed E-state index contributed by atoms with van der Waals surface area (Å²) in [7, 11) is -4.60. The third-order valence-electron chi connectivity index (χ3n) is 2.64. The van der Waals surface area contributed by atoms with Crippen LogP contribution in [0.25, 0.3) is 0 Å². The molecule has 1 atom stereocenters. The summed E-state index contributed by atoms with van der Waals surface area (Å²) >= 11 is 0. The monoisotopic (exact) mass is 303 g/mol. The van der Waals surface area contributed by atoms with Crippen LogP contribution in [0.5, 0.6) is 5.75 Å². The number of aliphatic hydroxyl groups is 1. The average molecular weight is 303 g/mol. The quantitative estimate of drug-likeness (QED) is 0.620. The molecule has 6 nitrogen and oxygen atoms in total. The first-order valence-electron chi connectivity index (χ1n) is 6.27. The molecule has 114 valence electrons. The van der Waals surface area contributed by atoms with E-state index >= 15 is 0 Å². The molecule has 0 aromatic heterocycles. The van der Waals surface area contributed by atoms with Crippen molar-refractivity contribution in [2.75, 3.05) is 6.54 Å². The van der Waals surface area contributed by atoms with Crippen LogP contribution in [0.4, 0.5) is 0 Å². The molecule has 1 aromatic carbocycles. The van der Waals surface area contributed by atoms with Crippen LogP contribution in [0, 0.1) is 6.92 Å². The van der Waals surface area contributed by atoms with Crippen molar-refractivity contribution in [3.05, 3.63) is 29.3 Å². The first kappa shape index (κ1) is 17.1. The van der Waals surface area contributed by atoms with Crippen LogP contribution in [-0.2, 0) is 4.57 Å². The highest BCUT2D eigenvalue weighted by atomic mass is 31.2. The Hall–Kier alpha value is -0.910. The van der Waals surface area contributed by atoms with E-state index in [1.165, 1.54) is 6.07 Å². The molecule has 0 aliphatic carbocycles. The average Bonchev–Trinajstić information content (AvgIpc) is 2.26. The summed E-state index contributed by atoms with van der Waals surface area (Å²) < 4.78 is 15.5. The Balaban J connectivity index is 2.86. The summed E-state index contributed by atoms with van der Waals surface area (Å²) in [6.07, 6.45) is -0.783. The number of hydrogen-bond acceptors (Lipinski definition) is 4. The number of hydrogen-bond donors (Lipinski definition) is 4. The van der Waals surface area contributed by atoms with Gasteiger partial charge in [-0.2, -0.15) is 0 Å². The summed E-state index contributed by atoms with van der Waals surface area (Å²) in [5, 5.41) is 13.2. The molecule has 0 aliphatic heterocycles. The zero-order valence-corrected chi connectivity index (χ0v) is 13.0. The van der Waals surface area contributed by atoms with E-state index in [2.05, 4.69) is 9.84 Å². The predicted octanol–water partition coefficient (Wildman–Crippen LogP) is 1.89. The van der Waals surface area contributed by atoms with E-state index in [1.54, 1.807) is 19.1 Å². The molecule has 0 heterocycles. The van der Waals surface area contributed by atoms with E-state index in [1.807, 2.05) is 20.8 Å². The Bertz CT molecular complexity index is 506. The second-order valence-electron chi connectivity index (χ2n) is 5.75. The van der Waals surface area contributed by atoms with E-state index in [4.69, 9.17) is 9.79 Å². The molecule has 0 fully saturated rings. The van der Waals surface area contributed by atoms with Gasteiger partial charge in [0.25, 0.3) is 0 Å². The van der Waals surface area contributed by atoms with Gasteiger partial charge in [0.1, 0.15) is 5.75 Å². The Labute approximate surface area is 119 Å². The number of phosphoric ester groups is 1. The van der Waals surface area contributed by atoms with Gasteiger partial charge in [0.15, 0.2) is 0 Å². The van der Waals surface area contributed by atoms with Crippen molar-refractivity contribution in [2.45, 2.75) is 39.3 Å². The SMILES string of the molecule is Cc1ccc(C(O)CNC(C)(C)C)cc1OP(=O)(O)O. The topological polar surface area (TPSA) is 99.0 Å². The lowest BCUT2D eigenvalue weighted by atomic mass is 10.0. The second kappa shape index (κ2) is 6.24. The molecule has 0 radical (unpaired) electrons. The highest BCUT2D eigenvalue weighted by molar-refractivity contribution is 7.46. The maximum atomic E-state index is 10.9. The molecule has 1 rings (SSSR count). The van der Waals surface area contributed by atoms with E-state index in [0.29, 0.717) is 17.7 Å². The molecular formula is C13H22NO5P. The highest BCUT2D eigenvalue weighted by Crippen LogP contribution is 2.39. The lowest BCUT2D eigenvalue weighted by Gasteiger charge is -2.23. The highest BCUT2D eigenvalue weighted by Gasteiger charge is 2.19.